The first-order valence-electron chi connectivity index (χ1n) is 8.93. The smallest absolute Gasteiger partial charge is 0.352 e. The highest BCUT2D eigenvalue weighted by Gasteiger charge is 2.38. The molecule has 0 bridgehead atoms. The van der Waals surface area contributed by atoms with E-state index >= 15 is 0 Å². The molecule has 0 spiro atoms. The number of rotatable bonds is 4. The van der Waals surface area contributed by atoms with E-state index in [0.717, 1.165) is 36.2 Å². The maximum absolute atomic E-state index is 12.6. The summed E-state index contributed by atoms with van der Waals surface area (Å²) in [6, 6.07) is 2.10. The Hall–Kier alpha value is -1.94. The fraction of sp³-hybridized carbons (Fsp3) is 0.588. The maximum atomic E-state index is 12.6. The number of carbonyl (C=O) groups is 1. The van der Waals surface area contributed by atoms with E-state index in [1.54, 1.807) is 6.07 Å². The minimum atomic E-state index is -4.65. The molecule has 2 aliphatic rings. The molecule has 0 unspecified atom stereocenters. The third-order valence-corrected chi connectivity index (χ3v) is 6.16. The number of nitrogens with zero attached hydrogens (tertiary/aromatic N) is 3. The zero-order valence-electron chi connectivity index (χ0n) is 14.5. The van der Waals surface area contributed by atoms with Gasteiger partial charge < -0.3 is 9.84 Å². The molecule has 10 heteroatoms. The van der Waals surface area contributed by atoms with Crippen molar-refractivity contribution < 1.29 is 22.5 Å². The van der Waals surface area contributed by atoms with Crippen LogP contribution in [0, 0.1) is 0 Å². The fourth-order valence-corrected chi connectivity index (χ4v) is 4.71. The van der Waals surface area contributed by atoms with Gasteiger partial charge in [0.05, 0.1) is 11.4 Å². The summed E-state index contributed by atoms with van der Waals surface area (Å²) in [5.74, 6) is -1.35. The van der Waals surface area contributed by atoms with Gasteiger partial charge in [0, 0.05) is 24.0 Å². The second kappa shape index (κ2) is 7.23. The van der Waals surface area contributed by atoms with Crippen molar-refractivity contribution >= 4 is 17.2 Å². The normalized spacial score (nSPS) is 18.6. The summed E-state index contributed by atoms with van der Waals surface area (Å²) in [4.78, 5) is 19.4. The number of thiophene rings is 1. The van der Waals surface area contributed by atoms with Crippen molar-refractivity contribution in [1.82, 2.24) is 20.4 Å². The minimum Gasteiger partial charge on any atom is -0.352 e. The molecule has 1 N–H and O–H groups in total. The Labute approximate surface area is 157 Å². The van der Waals surface area contributed by atoms with Crippen LogP contribution in [-0.2, 0) is 23.9 Å². The molecule has 146 valence electrons. The van der Waals surface area contributed by atoms with Gasteiger partial charge in [-0.05, 0) is 30.9 Å². The Balaban J connectivity index is 1.40. The van der Waals surface area contributed by atoms with Crippen LogP contribution in [0.15, 0.2) is 10.6 Å². The van der Waals surface area contributed by atoms with Crippen molar-refractivity contribution in [3.63, 3.8) is 0 Å². The van der Waals surface area contributed by atoms with Gasteiger partial charge in [-0.15, -0.1) is 11.3 Å². The van der Waals surface area contributed by atoms with Crippen LogP contribution >= 0.6 is 11.3 Å². The molecule has 2 aromatic rings. The number of halogens is 3. The van der Waals surface area contributed by atoms with Gasteiger partial charge in [0.25, 0.3) is 0 Å². The molecule has 2 aromatic heterocycles. The number of amides is 1. The molecule has 0 aromatic carbocycles. The van der Waals surface area contributed by atoms with E-state index < -0.39 is 12.1 Å². The van der Waals surface area contributed by atoms with Crippen LogP contribution in [0.1, 0.15) is 42.0 Å². The molecule has 0 atom stereocenters. The van der Waals surface area contributed by atoms with Gasteiger partial charge in [0.2, 0.25) is 11.7 Å². The van der Waals surface area contributed by atoms with Crippen molar-refractivity contribution in [2.75, 3.05) is 13.1 Å². The summed E-state index contributed by atoms with van der Waals surface area (Å²) in [5.41, 5.74) is 1.01. The predicted molar refractivity (Wildman–Crippen MR) is 92.0 cm³/mol. The van der Waals surface area contributed by atoms with E-state index in [1.165, 1.54) is 24.2 Å². The molecular weight excluding hydrogens is 381 g/mol. The van der Waals surface area contributed by atoms with Crippen LogP contribution in [0.2, 0.25) is 0 Å². The van der Waals surface area contributed by atoms with Crippen molar-refractivity contribution in [1.29, 1.82) is 0 Å². The van der Waals surface area contributed by atoms with Gasteiger partial charge in [0.15, 0.2) is 0 Å². The SMILES string of the molecule is O=C(CN1CCc2sc(-c3noc(C(F)(F)F)n3)cc2C1)NC1CCCC1. The van der Waals surface area contributed by atoms with Crippen molar-refractivity contribution in [2.24, 2.45) is 0 Å². The molecule has 0 saturated heterocycles. The number of fused-ring (bicyclic) bond motifs is 1. The average Bonchev–Trinajstić information content (AvgIpc) is 3.33. The lowest BCUT2D eigenvalue weighted by Gasteiger charge is -2.26. The summed E-state index contributed by atoms with van der Waals surface area (Å²) in [6.45, 7) is 1.67. The Bertz CT molecular complexity index is 827. The lowest BCUT2D eigenvalue weighted by Crippen LogP contribution is -2.42. The second-order valence-electron chi connectivity index (χ2n) is 6.99. The van der Waals surface area contributed by atoms with Gasteiger partial charge in [-0.3, -0.25) is 9.69 Å². The molecule has 6 nitrogen and oxygen atoms in total. The molecule has 1 saturated carbocycles. The van der Waals surface area contributed by atoms with Crippen molar-refractivity contribution in [3.8, 4) is 10.7 Å². The predicted octanol–water partition coefficient (Wildman–Crippen LogP) is 3.23. The summed E-state index contributed by atoms with van der Waals surface area (Å²) in [5, 5.41) is 6.53. The van der Waals surface area contributed by atoms with Gasteiger partial charge in [-0.2, -0.15) is 18.2 Å². The van der Waals surface area contributed by atoms with E-state index in [-0.39, 0.29) is 11.7 Å². The molecule has 4 rings (SSSR count). The molecular formula is C17H19F3N4O2S. The number of hydrogen-bond donors (Lipinski definition) is 1. The van der Waals surface area contributed by atoms with E-state index in [1.807, 2.05) is 0 Å². The third kappa shape index (κ3) is 4.16. The zero-order valence-corrected chi connectivity index (χ0v) is 15.3. The monoisotopic (exact) mass is 400 g/mol. The Kier molecular flexibility index (Phi) is 4.94. The second-order valence-corrected chi connectivity index (χ2v) is 8.13. The number of nitrogens with one attached hydrogen (secondary N) is 1. The van der Waals surface area contributed by atoms with E-state index in [4.69, 9.17) is 0 Å². The highest BCUT2D eigenvalue weighted by molar-refractivity contribution is 7.15. The largest absolute Gasteiger partial charge is 0.471 e. The molecule has 1 aliphatic heterocycles. The average molecular weight is 400 g/mol. The van der Waals surface area contributed by atoms with Gasteiger partial charge >= 0.3 is 12.1 Å². The van der Waals surface area contributed by atoms with Gasteiger partial charge in [-0.1, -0.05) is 18.0 Å². The summed E-state index contributed by atoms with van der Waals surface area (Å²) in [7, 11) is 0. The zero-order chi connectivity index (χ0) is 19.0. The van der Waals surface area contributed by atoms with Crippen LogP contribution in [-0.4, -0.2) is 40.1 Å². The quantitative estimate of drug-likeness (QED) is 0.853. The first kappa shape index (κ1) is 18.4. The molecule has 27 heavy (non-hydrogen) atoms. The van der Waals surface area contributed by atoms with Crippen LogP contribution in [0.4, 0.5) is 13.2 Å². The highest BCUT2D eigenvalue weighted by Crippen LogP contribution is 2.35. The lowest BCUT2D eigenvalue weighted by molar-refractivity contribution is -0.159. The first-order valence-corrected chi connectivity index (χ1v) is 9.75. The van der Waals surface area contributed by atoms with Crippen LogP contribution < -0.4 is 5.32 Å². The van der Waals surface area contributed by atoms with Gasteiger partial charge in [-0.25, -0.2) is 0 Å². The van der Waals surface area contributed by atoms with Crippen LogP contribution in [0.5, 0.6) is 0 Å². The molecule has 3 heterocycles. The van der Waals surface area contributed by atoms with Crippen LogP contribution in [0.25, 0.3) is 10.7 Å². The van der Waals surface area contributed by atoms with E-state index in [9.17, 15) is 18.0 Å². The molecule has 1 fully saturated rings. The van der Waals surface area contributed by atoms with E-state index in [2.05, 4.69) is 24.9 Å². The van der Waals surface area contributed by atoms with E-state index in [0.29, 0.717) is 24.0 Å². The van der Waals surface area contributed by atoms with Crippen molar-refractivity contribution in [2.45, 2.75) is 50.9 Å². The third-order valence-electron chi connectivity index (χ3n) is 4.92. The number of alkyl halides is 3. The molecule has 1 aliphatic carbocycles. The Morgan fingerprint density at radius 3 is 2.85 bits per heavy atom. The molecule has 0 radical (unpaired) electrons. The lowest BCUT2D eigenvalue weighted by atomic mass is 10.1. The standard InChI is InChI=1S/C17H19F3N4O2S/c18-17(19,20)16-22-15(23-26-16)13-7-10-8-24(6-5-12(10)27-13)9-14(25)21-11-3-1-2-4-11/h7,11H,1-6,8-9H2,(H,21,25). The van der Waals surface area contributed by atoms with Crippen molar-refractivity contribution in [3.05, 3.63) is 22.4 Å². The maximum Gasteiger partial charge on any atom is 0.471 e. The minimum absolute atomic E-state index is 0.0359. The number of hydrogen-bond acceptors (Lipinski definition) is 6. The van der Waals surface area contributed by atoms with Gasteiger partial charge in [0.1, 0.15) is 0 Å². The first-order chi connectivity index (χ1) is 12.9. The number of carbonyl (C=O) groups excluding carboxylic acids is 1. The topological polar surface area (TPSA) is 71.3 Å². The summed E-state index contributed by atoms with van der Waals surface area (Å²) < 4.78 is 42.2. The van der Waals surface area contributed by atoms with Crippen LogP contribution in [0.3, 0.4) is 0 Å². The fourth-order valence-electron chi connectivity index (χ4n) is 3.62. The molecule has 1 amide bonds. The highest BCUT2D eigenvalue weighted by atomic mass is 32.1. The summed E-state index contributed by atoms with van der Waals surface area (Å²) in [6.07, 6.45) is 0.540. The Morgan fingerprint density at radius 2 is 2.15 bits per heavy atom. The Morgan fingerprint density at radius 1 is 1.37 bits per heavy atom. The summed E-state index contributed by atoms with van der Waals surface area (Å²) >= 11 is 1.38. The number of aromatic nitrogens is 2.